The number of halogens is 2. The Morgan fingerprint density at radius 1 is 1.13 bits per heavy atom. The van der Waals surface area contributed by atoms with Crippen LogP contribution in [-0.4, -0.2) is 31.1 Å². The molecule has 4 rings (SSSR count). The Morgan fingerprint density at radius 2 is 1.90 bits per heavy atom. The van der Waals surface area contributed by atoms with Gasteiger partial charge >= 0.3 is 0 Å². The minimum absolute atomic E-state index is 0.295. The molecular formula is C22H22Cl2N4O2. The average molecular weight is 445 g/mol. The van der Waals surface area contributed by atoms with E-state index in [2.05, 4.69) is 15.2 Å². The lowest BCUT2D eigenvalue weighted by Crippen LogP contribution is -2.29. The maximum absolute atomic E-state index is 12.1. The molecule has 6 nitrogen and oxygen atoms in total. The summed E-state index contributed by atoms with van der Waals surface area (Å²) in [6.07, 6.45) is 4.97. The molecule has 0 saturated carbocycles. The van der Waals surface area contributed by atoms with Gasteiger partial charge in [0.2, 0.25) is 0 Å². The first-order valence-electron chi connectivity index (χ1n) is 9.75. The third-order valence-electron chi connectivity index (χ3n) is 5.32. The maximum atomic E-state index is 12.1. The van der Waals surface area contributed by atoms with Crippen LogP contribution in [0.5, 0.6) is 5.75 Å². The van der Waals surface area contributed by atoms with Gasteiger partial charge in [0.15, 0.2) is 0 Å². The molecule has 8 heteroatoms. The van der Waals surface area contributed by atoms with Gasteiger partial charge in [-0.05, 0) is 43.5 Å². The van der Waals surface area contributed by atoms with E-state index in [0.29, 0.717) is 32.5 Å². The number of aromatic nitrogens is 1. The van der Waals surface area contributed by atoms with Crippen LogP contribution in [0.2, 0.25) is 10.0 Å². The predicted octanol–water partition coefficient (Wildman–Crippen LogP) is 5.38. The van der Waals surface area contributed by atoms with Crippen LogP contribution in [0.3, 0.4) is 0 Å². The van der Waals surface area contributed by atoms with Crippen molar-refractivity contribution < 1.29 is 9.53 Å². The third-order valence-corrected chi connectivity index (χ3v) is 6.06. The Labute approximate surface area is 184 Å². The Morgan fingerprint density at radius 3 is 2.57 bits per heavy atom. The van der Waals surface area contributed by atoms with Crippen LogP contribution in [0.1, 0.15) is 29.6 Å². The van der Waals surface area contributed by atoms with E-state index >= 15 is 0 Å². The molecule has 1 aliphatic heterocycles. The highest BCUT2D eigenvalue weighted by Crippen LogP contribution is 2.39. The molecular weight excluding hydrogens is 423 g/mol. The van der Waals surface area contributed by atoms with Gasteiger partial charge < -0.3 is 20.7 Å². The molecule has 1 aromatic heterocycles. The number of pyridine rings is 1. The van der Waals surface area contributed by atoms with E-state index in [0.717, 1.165) is 42.8 Å². The molecule has 2 aromatic carbocycles. The normalized spacial score (nSPS) is 14.0. The fraction of sp³-hybridized carbons (Fsp3) is 0.273. The van der Waals surface area contributed by atoms with E-state index in [1.165, 1.54) is 12.6 Å². The number of nitrogens with one attached hydrogen (secondary N) is 1. The van der Waals surface area contributed by atoms with Crippen LogP contribution < -0.4 is 20.7 Å². The summed E-state index contributed by atoms with van der Waals surface area (Å²) in [6, 6.07) is 9.10. The summed E-state index contributed by atoms with van der Waals surface area (Å²) in [4.78, 5) is 18.9. The molecule has 1 saturated heterocycles. The fourth-order valence-electron chi connectivity index (χ4n) is 3.79. The van der Waals surface area contributed by atoms with Gasteiger partial charge in [0.1, 0.15) is 5.75 Å². The van der Waals surface area contributed by atoms with Crippen molar-refractivity contribution in [2.45, 2.75) is 19.3 Å². The van der Waals surface area contributed by atoms with Gasteiger partial charge in [-0.25, -0.2) is 0 Å². The highest BCUT2D eigenvalue weighted by Gasteiger charge is 2.20. The molecule has 0 aliphatic carbocycles. The van der Waals surface area contributed by atoms with Crippen LogP contribution in [0.25, 0.3) is 10.9 Å². The van der Waals surface area contributed by atoms with Gasteiger partial charge in [0.25, 0.3) is 5.91 Å². The van der Waals surface area contributed by atoms with Crippen molar-refractivity contribution in [2.75, 3.05) is 30.4 Å². The topological polar surface area (TPSA) is 80.5 Å². The molecule has 1 amide bonds. The van der Waals surface area contributed by atoms with Gasteiger partial charge in [0.05, 0.1) is 39.6 Å². The minimum Gasteiger partial charge on any atom is -0.495 e. The SMILES string of the molecule is COc1cc2ncc(C(N)=O)c(Nc3ccc(Cl)c(Cl)c3)c2cc1N1CCCCC1. The second kappa shape index (κ2) is 8.58. The first-order valence-corrected chi connectivity index (χ1v) is 10.5. The van der Waals surface area contributed by atoms with Crippen molar-refractivity contribution in [3.63, 3.8) is 0 Å². The van der Waals surface area contributed by atoms with Gasteiger partial charge in [-0.15, -0.1) is 0 Å². The number of amides is 1. The number of benzene rings is 2. The van der Waals surface area contributed by atoms with Crippen molar-refractivity contribution in [3.05, 3.63) is 52.1 Å². The second-order valence-electron chi connectivity index (χ2n) is 7.25. The summed E-state index contributed by atoms with van der Waals surface area (Å²) in [5, 5.41) is 4.93. The summed E-state index contributed by atoms with van der Waals surface area (Å²) in [7, 11) is 1.65. The number of carbonyl (C=O) groups is 1. The van der Waals surface area contributed by atoms with Crippen LogP contribution in [0.4, 0.5) is 17.1 Å². The van der Waals surface area contributed by atoms with Gasteiger partial charge in [0, 0.05) is 36.4 Å². The largest absolute Gasteiger partial charge is 0.495 e. The highest BCUT2D eigenvalue weighted by molar-refractivity contribution is 6.42. The molecule has 0 bridgehead atoms. The second-order valence-corrected chi connectivity index (χ2v) is 8.07. The molecule has 0 unspecified atom stereocenters. The van der Waals surface area contributed by atoms with E-state index < -0.39 is 5.91 Å². The molecule has 3 aromatic rings. The molecule has 2 heterocycles. The van der Waals surface area contributed by atoms with Gasteiger partial charge in [-0.3, -0.25) is 9.78 Å². The smallest absolute Gasteiger partial charge is 0.252 e. The molecule has 156 valence electrons. The molecule has 1 aliphatic rings. The third kappa shape index (κ3) is 3.98. The number of hydrogen-bond acceptors (Lipinski definition) is 5. The van der Waals surface area contributed by atoms with Crippen LogP contribution in [-0.2, 0) is 0 Å². The molecule has 0 atom stereocenters. The standard InChI is InChI=1S/C22H22Cl2N4O2/c1-30-20-11-18-14(10-19(20)28-7-3-2-4-8-28)21(15(12-26-18)22(25)29)27-13-5-6-16(23)17(24)9-13/h5-6,9-12H,2-4,7-8H2,1H3,(H2,25,29)(H,26,27). The number of nitrogens with two attached hydrogens (primary N) is 1. The Balaban J connectivity index is 1.89. The maximum Gasteiger partial charge on any atom is 0.252 e. The Kier molecular flexibility index (Phi) is 5.88. The van der Waals surface area contributed by atoms with Crippen LogP contribution in [0.15, 0.2) is 36.5 Å². The number of primary amides is 1. The molecule has 0 radical (unpaired) electrons. The lowest BCUT2D eigenvalue weighted by atomic mass is 10.0. The number of fused-ring (bicyclic) bond motifs is 1. The lowest BCUT2D eigenvalue weighted by molar-refractivity contribution is 0.100. The zero-order chi connectivity index (χ0) is 21.3. The average Bonchev–Trinajstić information content (AvgIpc) is 2.76. The van der Waals surface area contributed by atoms with E-state index in [1.807, 2.05) is 12.1 Å². The number of carbonyl (C=O) groups excluding carboxylic acids is 1. The zero-order valence-electron chi connectivity index (χ0n) is 16.5. The number of methoxy groups -OCH3 is 1. The van der Waals surface area contributed by atoms with Crippen LogP contribution >= 0.6 is 23.2 Å². The molecule has 0 spiro atoms. The van der Waals surface area contributed by atoms with E-state index in [1.54, 1.807) is 25.3 Å². The molecule has 3 N–H and O–H groups in total. The highest BCUT2D eigenvalue weighted by atomic mass is 35.5. The summed E-state index contributed by atoms with van der Waals surface area (Å²) in [5.74, 6) is 0.187. The Hall–Kier alpha value is -2.70. The minimum atomic E-state index is -0.567. The predicted molar refractivity (Wildman–Crippen MR) is 123 cm³/mol. The van der Waals surface area contributed by atoms with Crippen molar-refractivity contribution in [3.8, 4) is 5.75 Å². The Bertz CT molecular complexity index is 1110. The number of hydrogen-bond donors (Lipinski definition) is 2. The quantitative estimate of drug-likeness (QED) is 0.551. The fourth-order valence-corrected chi connectivity index (χ4v) is 4.09. The van der Waals surface area contributed by atoms with Gasteiger partial charge in [-0.2, -0.15) is 0 Å². The van der Waals surface area contributed by atoms with Crippen molar-refractivity contribution >= 4 is 57.1 Å². The first-order chi connectivity index (χ1) is 14.5. The number of ether oxygens (including phenoxy) is 1. The summed E-state index contributed by atoms with van der Waals surface area (Å²) in [6.45, 7) is 1.92. The van der Waals surface area contributed by atoms with Crippen LogP contribution in [0, 0.1) is 0 Å². The van der Waals surface area contributed by atoms with Crippen molar-refractivity contribution in [1.29, 1.82) is 0 Å². The van der Waals surface area contributed by atoms with Crippen molar-refractivity contribution in [2.24, 2.45) is 5.73 Å². The van der Waals surface area contributed by atoms with Gasteiger partial charge in [-0.1, -0.05) is 23.2 Å². The first kappa shape index (κ1) is 20.6. The molecule has 30 heavy (non-hydrogen) atoms. The monoisotopic (exact) mass is 444 g/mol. The number of rotatable bonds is 5. The van der Waals surface area contributed by atoms with E-state index in [-0.39, 0.29) is 0 Å². The van der Waals surface area contributed by atoms with E-state index in [9.17, 15) is 4.79 Å². The summed E-state index contributed by atoms with van der Waals surface area (Å²) in [5.41, 5.74) is 8.88. The number of anilines is 3. The molecule has 1 fully saturated rings. The number of nitrogens with zero attached hydrogens (tertiary/aromatic N) is 2. The summed E-state index contributed by atoms with van der Waals surface area (Å²) >= 11 is 12.2. The summed E-state index contributed by atoms with van der Waals surface area (Å²) < 4.78 is 5.65. The lowest BCUT2D eigenvalue weighted by Gasteiger charge is -2.30. The van der Waals surface area contributed by atoms with Crippen molar-refractivity contribution in [1.82, 2.24) is 4.98 Å². The number of piperidine rings is 1. The zero-order valence-corrected chi connectivity index (χ0v) is 18.1. The van der Waals surface area contributed by atoms with E-state index in [4.69, 9.17) is 33.7 Å².